The first-order valence-electron chi connectivity index (χ1n) is 17.4. The third kappa shape index (κ3) is 4.93. The second-order valence-electron chi connectivity index (χ2n) is 12.9. The molecule has 8 aromatic carbocycles. The minimum Gasteiger partial charge on any atom is -0.310 e. The second kappa shape index (κ2) is 12.2. The molecule has 0 atom stereocenters. The Bertz CT molecular complexity index is 2850. The molecule has 0 saturated heterocycles. The number of anilines is 3. The Hall–Kier alpha value is -6.42. The van der Waals surface area contributed by atoms with Gasteiger partial charge in [0.15, 0.2) is 0 Å². The summed E-state index contributed by atoms with van der Waals surface area (Å²) >= 11 is 1.86. The van der Waals surface area contributed by atoms with E-state index >= 15 is 0 Å². The number of rotatable bonds is 6. The van der Waals surface area contributed by atoms with Crippen molar-refractivity contribution in [3.8, 4) is 27.9 Å². The molecule has 10 rings (SSSR count). The van der Waals surface area contributed by atoms with Crippen LogP contribution < -0.4 is 4.90 Å². The van der Waals surface area contributed by atoms with Crippen LogP contribution in [0.1, 0.15) is 0 Å². The minimum absolute atomic E-state index is 1.11. The molecule has 10 aromatic rings. The molecule has 0 saturated carbocycles. The van der Waals surface area contributed by atoms with E-state index < -0.39 is 0 Å². The van der Waals surface area contributed by atoms with E-state index in [1.165, 1.54) is 64.2 Å². The van der Waals surface area contributed by atoms with Crippen molar-refractivity contribution in [3.05, 3.63) is 194 Å². The maximum Gasteiger partial charge on any atom is 0.0548 e. The molecule has 0 bridgehead atoms. The summed E-state index contributed by atoms with van der Waals surface area (Å²) in [6.07, 6.45) is 0. The van der Waals surface area contributed by atoms with Crippen molar-refractivity contribution >= 4 is 70.4 Å². The monoisotopic (exact) mass is 668 g/mol. The fourth-order valence-corrected chi connectivity index (χ4v) is 8.81. The number of fused-ring (bicyclic) bond motifs is 6. The highest BCUT2D eigenvalue weighted by Gasteiger charge is 2.24. The van der Waals surface area contributed by atoms with Gasteiger partial charge in [0.05, 0.1) is 16.7 Å². The topological polar surface area (TPSA) is 8.17 Å². The SMILES string of the molecule is c1ccc(-c2cccc(-c3c(N(c4ccccc4)c4ccc5sc6ccccc6c5c4)ccc4c3c3ccccc3n4-c3ccccc3)c2)cc1. The van der Waals surface area contributed by atoms with E-state index in [0.29, 0.717) is 0 Å². The van der Waals surface area contributed by atoms with Crippen molar-refractivity contribution in [1.82, 2.24) is 4.57 Å². The maximum absolute atomic E-state index is 2.45. The molecule has 0 aliphatic carbocycles. The zero-order valence-corrected chi connectivity index (χ0v) is 28.6. The number of aromatic nitrogens is 1. The molecular weight excluding hydrogens is 637 g/mol. The highest BCUT2D eigenvalue weighted by atomic mass is 32.1. The van der Waals surface area contributed by atoms with Gasteiger partial charge in [-0.15, -0.1) is 11.3 Å². The van der Waals surface area contributed by atoms with Gasteiger partial charge in [-0.25, -0.2) is 0 Å². The van der Waals surface area contributed by atoms with Gasteiger partial charge in [-0.1, -0.05) is 121 Å². The lowest BCUT2D eigenvalue weighted by Gasteiger charge is -2.29. The van der Waals surface area contributed by atoms with Crippen LogP contribution in [0.4, 0.5) is 17.1 Å². The zero-order valence-electron chi connectivity index (χ0n) is 27.8. The highest BCUT2D eigenvalue weighted by molar-refractivity contribution is 7.25. The molecule has 0 spiro atoms. The number of hydrogen-bond acceptors (Lipinski definition) is 2. The molecule has 2 aromatic heterocycles. The standard InChI is InChI=1S/C48H32N2S/c1-4-15-33(16-5-1)34-17-14-18-35(31-34)47-43(28-29-44-48(47)40-24-10-12-25-42(40)50(44)37-21-8-3-9-22-37)49(36-19-6-2-7-20-36)38-27-30-46-41(32-38)39-23-11-13-26-45(39)51-46/h1-32H. The summed E-state index contributed by atoms with van der Waals surface area (Å²) in [4.78, 5) is 2.45. The summed E-state index contributed by atoms with van der Waals surface area (Å²) < 4.78 is 5.02. The highest BCUT2D eigenvalue weighted by Crippen LogP contribution is 2.49. The minimum atomic E-state index is 1.11. The Morgan fingerprint density at radius 1 is 0.392 bits per heavy atom. The summed E-state index contributed by atoms with van der Waals surface area (Å²) in [6.45, 7) is 0. The van der Waals surface area contributed by atoms with Gasteiger partial charge in [0.25, 0.3) is 0 Å². The number of hydrogen-bond donors (Lipinski definition) is 0. The van der Waals surface area contributed by atoms with Crippen LogP contribution in [0.25, 0.3) is 69.9 Å². The first-order valence-corrected chi connectivity index (χ1v) is 18.2. The molecule has 51 heavy (non-hydrogen) atoms. The summed E-state index contributed by atoms with van der Waals surface area (Å²) in [7, 11) is 0. The Morgan fingerprint density at radius 2 is 1.04 bits per heavy atom. The van der Waals surface area contributed by atoms with E-state index in [2.05, 4.69) is 204 Å². The summed E-state index contributed by atoms with van der Waals surface area (Å²) in [5.74, 6) is 0. The fourth-order valence-electron chi connectivity index (χ4n) is 7.73. The van der Waals surface area contributed by atoms with Gasteiger partial charge in [-0.2, -0.15) is 0 Å². The van der Waals surface area contributed by atoms with Gasteiger partial charge in [0.1, 0.15) is 0 Å². The van der Waals surface area contributed by atoms with E-state index in [-0.39, 0.29) is 0 Å². The van der Waals surface area contributed by atoms with Crippen LogP contribution in [0, 0.1) is 0 Å². The van der Waals surface area contributed by atoms with Crippen LogP contribution in [-0.2, 0) is 0 Å². The van der Waals surface area contributed by atoms with E-state index in [9.17, 15) is 0 Å². The van der Waals surface area contributed by atoms with E-state index in [1.807, 2.05) is 11.3 Å². The molecule has 2 nitrogen and oxygen atoms in total. The van der Waals surface area contributed by atoms with Gasteiger partial charge in [-0.05, 0) is 89.5 Å². The molecule has 0 fully saturated rings. The third-order valence-corrected chi connectivity index (χ3v) is 11.1. The first kappa shape index (κ1) is 29.5. The van der Waals surface area contributed by atoms with Gasteiger partial charge in [0.2, 0.25) is 0 Å². The quantitative estimate of drug-likeness (QED) is 0.171. The molecule has 0 radical (unpaired) electrons. The summed E-state index contributed by atoms with van der Waals surface area (Å²) in [5, 5.41) is 5.04. The van der Waals surface area contributed by atoms with Gasteiger partial charge in [0, 0.05) is 53.6 Å². The number of benzene rings is 8. The van der Waals surface area contributed by atoms with Crippen molar-refractivity contribution in [2.24, 2.45) is 0 Å². The lowest BCUT2D eigenvalue weighted by molar-refractivity contribution is 1.18. The Morgan fingerprint density at radius 3 is 1.86 bits per heavy atom. The second-order valence-corrected chi connectivity index (χ2v) is 14.0. The van der Waals surface area contributed by atoms with Gasteiger partial charge in [-0.3, -0.25) is 0 Å². The normalized spacial score (nSPS) is 11.5. The molecular formula is C48H32N2S. The van der Waals surface area contributed by atoms with Gasteiger partial charge < -0.3 is 9.47 Å². The molecule has 0 amide bonds. The van der Waals surface area contributed by atoms with Crippen molar-refractivity contribution in [3.63, 3.8) is 0 Å². The number of thiophene rings is 1. The zero-order chi connectivity index (χ0) is 33.7. The predicted molar refractivity (Wildman–Crippen MR) is 219 cm³/mol. The lowest BCUT2D eigenvalue weighted by atomic mass is 9.93. The molecule has 0 N–H and O–H groups in total. The van der Waals surface area contributed by atoms with Crippen molar-refractivity contribution in [1.29, 1.82) is 0 Å². The van der Waals surface area contributed by atoms with Crippen molar-refractivity contribution in [2.45, 2.75) is 0 Å². The smallest absolute Gasteiger partial charge is 0.0548 e. The Labute approximate surface area is 300 Å². The third-order valence-electron chi connectivity index (χ3n) is 9.96. The molecule has 240 valence electrons. The van der Waals surface area contributed by atoms with Gasteiger partial charge >= 0.3 is 0 Å². The summed E-state index contributed by atoms with van der Waals surface area (Å²) in [6, 6.07) is 70.5. The average Bonchev–Trinajstić information content (AvgIpc) is 3.75. The molecule has 0 unspecified atom stereocenters. The number of para-hydroxylation sites is 3. The molecule has 2 heterocycles. The average molecular weight is 669 g/mol. The molecule has 0 aliphatic heterocycles. The van der Waals surface area contributed by atoms with E-state index in [0.717, 1.165) is 22.7 Å². The Balaban J connectivity index is 1.32. The fraction of sp³-hybridized carbons (Fsp3) is 0. The predicted octanol–water partition coefficient (Wildman–Crippen LogP) is 14.0. The molecule has 3 heteroatoms. The first-order chi connectivity index (χ1) is 25.3. The Kier molecular flexibility index (Phi) is 7.04. The van der Waals surface area contributed by atoms with Crippen LogP contribution in [0.2, 0.25) is 0 Å². The molecule has 0 aliphatic rings. The number of nitrogens with zero attached hydrogens (tertiary/aromatic N) is 2. The van der Waals surface area contributed by atoms with Crippen LogP contribution in [-0.4, -0.2) is 4.57 Å². The van der Waals surface area contributed by atoms with Crippen LogP contribution in [0.15, 0.2) is 194 Å². The van der Waals surface area contributed by atoms with E-state index in [4.69, 9.17) is 0 Å². The van der Waals surface area contributed by atoms with Crippen molar-refractivity contribution < 1.29 is 0 Å². The van der Waals surface area contributed by atoms with Crippen LogP contribution in [0.3, 0.4) is 0 Å². The maximum atomic E-state index is 2.45. The van der Waals surface area contributed by atoms with Crippen molar-refractivity contribution in [2.75, 3.05) is 4.90 Å². The lowest BCUT2D eigenvalue weighted by Crippen LogP contribution is -2.11. The van der Waals surface area contributed by atoms with E-state index in [1.54, 1.807) is 0 Å². The summed E-state index contributed by atoms with van der Waals surface area (Å²) in [5.41, 5.74) is 11.7. The largest absolute Gasteiger partial charge is 0.310 e. The van der Waals surface area contributed by atoms with Crippen LogP contribution >= 0.6 is 11.3 Å². The van der Waals surface area contributed by atoms with Crippen LogP contribution in [0.5, 0.6) is 0 Å².